The number of aromatic hydroxyl groups is 1. The molecule has 2 aromatic heterocycles. The number of nitrogens with zero attached hydrogens (tertiary/aromatic N) is 6. The third-order valence-electron chi connectivity index (χ3n) is 6.46. The molecule has 1 saturated heterocycles. The van der Waals surface area contributed by atoms with Crippen LogP contribution < -0.4 is 10.2 Å². The predicted molar refractivity (Wildman–Crippen MR) is 148 cm³/mol. The quantitative estimate of drug-likeness (QED) is 0.263. The number of morpholine rings is 1. The number of azo groups is 1. The van der Waals surface area contributed by atoms with Gasteiger partial charge in [-0.1, -0.05) is 31.2 Å². The maximum absolute atomic E-state index is 14.4. The number of pyridine rings is 1. The molecule has 10 heteroatoms. The van der Waals surface area contributed by atoms with Gasteiger partial charge in [-0.2, -0.15) is 10.1 Å². The van der Waals surface area contributed by atoms with Crippen LogP contribution in [0.4, 0.5) is 27.5 Å². The Hall–Kier alpha value is -4.44. The molecule has 0 bridgehead atoms. The van der Waals surface area contributed by atoms with Crippen molar-refractivity contribution in [1.82, 2.24) is 15.0 Å². The fourth-order valence-corrected chi connectivity index (χ4v) is 4.42. The number of hydrogen-bond donors (Lipinski definition) is 2. The molecular weight excluding hydrogens is 497 g/mol. The van der Waals surface area contributed by atoms with Crippen molar-refractivity contribution < 1.29 is 14.2 Å². The number of phenols is 1. The molecule has 0 spiro atoms. The van der Waals surface area contributed by atoms with E-state index in [1.807, 2.05) is 67.3 Å². The molecule has 0 radical (unpaired) electrons. The summed E-state index contributed by atoms with van der Waals surface area (Å²) in [7, 11) is 0. The summed E-state index contributed by atoms with van der Waals surface area (Å²) in [6.45, 7) is 5.84. The molecule has 1 unspecified atom stereocenters. The Kier molecular flexibility index (Phi) is 8.02. The van der Waals surface area contributed by atoms with E-state index in [9.17, 15) is 9.50 Å². The summed E-state index contributed by atoms with van der Waals surface area (Å²) in [5.74, 6) is 0.0689. The molecule has 9 nitrogen and oxygen atoms in total. The maximum atomic E-state index is 14.4. The van der Waals surface area contributed by atoms with Crippen LogP contribution in [-0.2, 0) is 17.7 Å². The van der Waals surface area contributed by atoms with Gasteiger partial charge in [0.2, 0.25) is 0 Å². The third-order valence-corrected chi connectivity index (χ3v) is 6.46. The van der Waals surface area contributed by atoms with Crippen molar-refractivity contribution in [2.24, 2.45) is 10.2 Å². The average Bonchev–Trinajstić information content (AvgIpc) is 2.95. The number of nitrogens with one attached hydrogen (secondary N) is 1. The van der Waals surface area contributed by atoms with Crippen LogP contribution in [0.2, 0.25) is 0 Å². The van der Waals surface area contributed by atoms with Crippen molar-refractivity contribution in [1.29, 1.82) is 0 Å². The lowest BCUT2D eigenvalue weighted by Crippen LogP contribution is -2.44. The molecule has 1 aliphatic rings. The molecule has 1 atom stereocenters. The highest BCUT2D eigenvalue weighted by Crippen LogP contribution is 2.27. The van der Waals surface area contributed by atoms with Crippen LogP contribution in [0.5, 0.6) is 5.75 Å². The van der Waals surface area contributed by atoms with Gasteiger partial charge >= 0.3 is 0 Å². The highest BCUT2D eigenvalue weighted by molar-refractivity contribution is 5.69. The molecule has 200 valence electrons. The highest BCUT2D eigenvalue weighted by Gasteiger charge is 2.23. The number of rotatable bonds is 8. The zero-order valence-corrected chi connectivity index (χ0v) is 21.9. The third kappa shape index (κ3) is 6.35. The zero-order chi connectivity index (χ0) is 27.2. The minimum absolute atomic E-state index is 0.00741. The molecule has 3 heterocycles. The van der Waals surface area contributed by atoms with Gasteiger partial charge in [0.05, 0.1) is 42.5 Å². The first kappa shape index (κ1) is 26.2. The Labute approximate surface area is 226 Å². The standard InChI is InChI=1S/C29H30FN7O2/c1-3-26-27(33-22-9-7-20(8-10-22)21-5-4-6-24(38)15-21)12-11-23(34-26)16-32-36-29-31-17-25(30)28(35-29)37-13-14-39-18-19(37)2/h4-12,15,17,19,33,38H,3,13-14,16,18H2,1-2H3. The van der Waals surface area contributed by atoms with Gasteiger partial charge in [-0.3, -0.25) is 4.98 Å². The van der Waals surface area contributed by atoms with E-state index in [0.29, 0.717) is 19.8 Å². The van der Waals surface area contributed by atoms with E-state index in [4.69, 9.17) is 9.72 Å². The van der Waals surface area contributed by atoms with Crippen LogP contribution in [0, 0.1) is 5.82 Å². The van der Waals surface area contributed by atoms with Crippen LogP contribution in [-0.4, -0.2) is 45.9 Å². The minimum Gasteiger partial charge on any atom is -0.508 e. The second kappa shape index (κ2) is 12.0. The minimum atomic E-state index is -0.492. The van der Waals surface area contributed by atoms with E-state index in [-0.39, 0.29) is 30.1 Å². The van der Waals surface area contributed by atoms with Gasteiger partial charge in [-0.15, -0.1) is 5.11 Å². The molecular formula is C29H30FN7O2. The van der Waals surface area contributed by atoms with E-state index in [2.05, 4.69) is 25.5 Å². The van der Waals surface area contributed by atoms with Crippen molar-refractivity contribution >= 4 is 23.1 Å². The zero-order valence-electron chi connectivity index (χ0n) is 21.9. The monoisotopic (exact) mass is 527 g/mol. The van der Waals surface area contributed by atoms with Crippen LogP contribution in [0.3, 0.4) is 0 Å². The van der Waals surface area contributed by atoms with Gasteiger partial charge in [0.15, 0.2) is 11.6 Å². The average molecular weight is 528 g/mol. The van der Waals surface area contributed by atoms with Gasteiger partial charge in [-0.05, 0) is 60.9 Å². The summed E-state index contributed by atoms with van der Waals surface area (Å²) < 4.78 is 19.8. The highest BCUT2D eigenvalue weighted by atomic mass is 19.1. The second-order valence-corrected chi connectivity index (χ2v) is 9.26. The first-order valence-corrected chi connectivity index (χ1v) is 12.9. The van der Waals surface area contributed by atoms with Crippen molar-refractivity contribution in [3.05, 3.63) is 84.1 Å². The molecule has 0 aliphatic carbocycles. The number of ether oxygens (including phenoxy) is 1. The lowest BCUT2D eigenvalue weighted by molar-refractivity contribution is 0.0981. The maximum Gasteiger partial charge on any atom is 0.270 e. The Morgan fingerprint density at radius 2 is 1.95 bits per heavy atom. The molecule has 4 aromatic rings. The van der Waals surface area contributed by atoms with E-state index >= 15 is 0 Å². The number of benzene rings is 2. The van der Waals surface area contributed by atoms with E-state index < -0.39 is 5.82 Å². The first-order chi connectivity index (χ1) is 19.0. The number of aryl methyl sites for hydroxylation is 1. The Bertz CT molecular complexity index is 1460. The van der Waals surface area contributed by atoms with Crippen molar-refractivity contribution in [3.63, 3.8) is 0 Å². The molecule has 1 fully saturated rings. The van der Waals surface area contributed by atoms with Gasteiger partial charge in [-0.25, -0.2) is 9.37 Å². The smallest absolute Gasteiger partial charge is 0.270 e. The van der Waals surface area contributed by atoms with Gasteiger partial charge in [0.1, 0.15) is 12.3 Å². The largest absolute Gasteiger partial charge is 0.508 e. The number of halogens is 1. The van der Waals surface area contributed by atoms with Crippen LogP contribution in [0.15, 0.2) is 77.1 Å². The lowest BCUT2D eigenvalue weighted by Gasteiger charge is -2.34. The molecule has 2 aromatic carbocycles. The Balaban J connectivity index is 1.25. The summed E-state index contributed by atoms with van der Waals surface area (Å²) in [5, 5.41) is 21.5. The topological polar surface area (TPSA) is 108 Å². The summed E-state index contributed by atoms with van der Waals surface area (Å²) in [4.78, 5) is 14.9. The van der Waals surface area contributed by atoms with E-state index in [1.54, 1.807) is 12.1 Å². The first-order valence-electron chi connectivity index (χ1n) is 12.9. The summed E-state index contributed by atoms with van der Waals surface area (Å²) in [5.41, 5.74) is 5.47. The Morgan fingerprint density at radius 1 is 1.10 bits per heavy atom. The van der Waals surface area contributed by atoms with Crippen LogP contribution in [0.25, 0.3) is 11.1 Å². The summed E-state index contributed by atoms with van der Waals surface area (Å²) in [6.07, 6.45) is 1.86. The lowest BCUT2D eigenvalue weighted by atomic mass is 10.1. The summed E-state index contributed by atoms with van der Waals surface area (Å²) >= 11 is 0. The second-order valence-electron chi connectivity index (χ2n) is 9.26. The van der Waals surface area contributed by atoms with Crippen molar-refractivity contribution in [3.8, 4) is 16.9 Å². The van der Waals surface area contributed by atoms with E-state index in [1.165, 1.54) is 0 Å². The fraction of sp³-hybridized carbons (Fsp3) is 0.276. The number of anilines is 3. The van der Waals surface area contributed by atoms with Crippen LogP contribution >= 0.6 is 0 Å². The summed E-state index contributed by atoms with van der Waals surface area (Å²) in [6, 6.07) is 19.1. The SMILES string of the molecule is CCc1nc(CN=Nc2ncc(F)c(N3CCOCC3C)n2)ccc1Nc1ccc(-c2cccc(O)c2)cc1. The number of aromatic nitrogens is 3. The molecule has 1 aliphatic heterocycles. The number of hydrogen-bond acceptors (Lipinski definition) is 9. The van der Waals surface area contributed by atoms with Gasteiger partial charge in [0, 0.05) is 12.2 Å². The fourth-order valence-electron chi connectivity index (χ4n) is 4.42. The van der Waals surface area contributed by atoms with Gasteiger partial charge < -0.3 is 20.1 Å². The molecule has 0 amide bonds. The van der Waals surface area contributed by atoms with Crippen molar-refractivity contribution in [2.45, 2.75) is 32.9 Å². The normalized spacial score (nSPS) is 15.6. The number of phenolic OH excluding ortho intramolecular Hbond substituents is 1. The van der Waals surface area contributed by atoms with Crippen LogP contribution in [0.1, 0.15) is 25.2 Å². The Morgan fingerprint density at radius 3 is 2.72 bits per heavy atom. The molecule has 0 saturated carbocycles. The van der Waals surface area contributed by atoms with Gasteiger partial charge in [0.25, 0.3) is 5.95 Å². The molecule has 39 heavy (non-hydrogen) atoms. The molecule has 5 rings (SSSR count). The predicted octanol–water partition coefficient (Wildman–Crippen LogP) is 6.20. The molecule has 2 N–H and O–H groups in total. The van der Waals surface area contributed by atoms with E-state index in [0.717, 1.165) is 46.5 Å². The van der Waals surface area contributed by atoms with Crippen molar-refractivity contribution in [2.75, 3.05) is 30.0 Å².